The Morgan fingerprint density at radius 2 is 1.82 bits per heavy atom. The van der Waals surface area contributed by atoms with Crippen LogP contribution >= 0.6 is 0 Å². The highest BCUT2D eigenvalue weighted by Crippen LogP contribution is 2.25. The molecule has 1 fully saturated rings. The van der Waals surface area contributed by atoms with Crippen molar-refractivity contribution in [2.45, 2.75) is 58.0 Å². The topological polar surface area (TPSA) is 77.1 Å². The van der Waals surface area contributed by atoms with E-state index in [0.29, 0.717) is 43.2 Å². The second kappa shape index (κ2) is 10.4. The number of rotatable bonds is 8. The zero-order valence-corrected chi connectivity index (χ0v) is 18.7. The third-order valence-corrected chi connectivity index (χ3v) is 6.41. The maximum Gasteiger partial charge on any atom is 0.346 e. The van der Waals surface area contributed by atoms with Crippen LogP contribution in [-0.4, -0.2) is 25.4 Å². The Balaban J connectivity index is 1.58. The smallest absolute Gasteiger partial charge is 0.346 e. The van der Waals surface area contributed by atoms with Crippen LogP contribution in [0.1, 0.15) is 60.3 Å². The molecule has 0 bridgehead atoms. The van der Waals surface area contributed by atoms with Crippen LogP contribution in [0.4, 0.5) is 0 Å². The van der Waals surface area contributed by atoms with Crippen LogP contribution < -0.4 is 5.69 Å². The molecule has 0 saturated heterocycles. The van der Waals surface area contributed by atoms with Gasteiger partial charge in [-0.05, 0) is 41.5 Å². The fourth-order valence-corrected chi connectivity index (χ4v) is 4.64. The molecule has 1 saturated carbocycles. The Labute approximate surface area is 193 Å². The van der Waals surface area contributed by atoms with Crippen molar-refractivity contribution in [3.05, 3.63) is 76.0 Å². The van der Waals surface area contributed by atoms with Crippen molar-refractivity contribution in [1.82, 2.24) is 14.3 Å². The summed E-state index contributed by atoms with van der Waals surface area (Å²) in [5.41, 5.74) is 2.62. The van der Waals surface area contributed by atoms with Crippen molar-refractivity contribution < 1.29 is 9.90 Å². The van der Waals surface area contributed by atoms with E-state index in [-0.39, 0.29) is 11.3 Å². The first-order chi connectivity index (χ1) is 16.1. The molecule has 6 heteroatoms. The van der Waals surface area contributed by atoms with Gasteiger partial charge in [-0.1, -0.05) is 61.7 Å². The zero-order chi connectivity index (χ0) is 23.2. The van der Waals surface area contributed by atoms with Crippen LogP contribution in [0.2, 0.25) is 0 Å². The van der Waals surface area contributed by atoms with Gasteiger partial charge in [0.2, 0.25) is 0 Å². The van der Waals surface area contributed by atoms with Gasteiger partial charge >= 0.3 is 11.7 Å². The third-order valence-electron chi connectivity index (χ3n) is 6.41. The van der Waals surface area contributed by atoms with E-state index >= 15 is 0 Å². The first-order valence-electron chi connectivity index (χ1n) is 11.6. The summed E-state index contributed by atoms with van der Waals surface area (Å²) >= 11 is 0. The SMILES string of the molecule is C#CCCc1nn(CC2CCCCC2)c(=O)n1Cc1ccc(-c2ccccc2C(=O)O)cc1. The highest BCUT2D eigenvalue weighted by Gasteiger charge is 2.19. The van der Waals surface area contributed by atoms with Gasteiger partial charge in [-0.15, -0.1) is 12.3 Å². The summed E-state index contributed by atoms with van der Waals surface area (Å²) in [6.07, 6.45) is 12.6. The molecule has 0 radical (unpaired) electrons. The molecule has 0 unspecified atom stereocenters. The lowest BCUT2D eigenvalue weighted by Crippen LogP contribution is -2.29. The van der Waals surface area contributed by atoms with Gasteiger partial charge in [-0.25, -0.2) is 14.3 Å². The Morgan fingerprint density at radius 3 is 2.52 bits per heavy atom. The minimum atomic E-state index is -0.954. The Bertz CT molecular complexity index is 1210. The molecule has 0 amide bonds. The molecular formula is C27H29N3O3. The predicted molar refractivity (Wildman–Crippen MR) is 128 cm³/mol. The summed E-state index contributed by atoms with van der Waals surface area (Å²) < 4.78 is 3.35. The number of nitrogens with zero attached hydrogens (tertiary/aromatic N) is 3. The number of carbonyl (C=O) groups is 1. The number of aryl methyl sites for hydroxylation is 1. The highest BCUT2D eigenvalue weighted by molar-refractivity contribution is 5.95. The number of benzene rings is 2. The summed E-state index contributed by atoms with van der Waals surface area (Å²) in [7, 11) is 0. The summed E-state index contributed by atoms with van der Waals surface area (Å²) in [6, 6.07) is 14.6. The maximum absolute atomic E-state index is 13.2. The number of terminal acetylenes is 1. The van der Waals surface area contributed by atoms with Crippen molar-refractivity contribution in [1.29, 1.82) is 0 Å². The summed E-state index contributed by atoms with van der Waals surface area (Å²) in [5, 5.41) is 14.1. The lowest BCUT2D eigenvalue weighted by Gasteiger charge is -2.20. The fraction of sp³-hybridized carbons (Fsp3) is 0.370. The van der Waals surface area contributed by atoms with Crippen LogP contribution in [0.5, 0.6) is 0 Å². The summed E-state index contributed by atoms with van der Waals surface area (Å²) in [4.78, 5) is 24.7. The van der Waals surface area contributed by atoms with Crippen LogP contribution in [0.15, 0.2) is 53.3 Å². The number of carboxylic acid groups (broad SMARTS) is 1. The number of carboxylic acids is 1. The average molecular weight is 444 g/mol. The van der Waals surface area contributed by atoms with Gasteiger partial charge in [0.25, 0.3) is 0 Å². The van der Waals surface area contributed by atoms with Gasteiger partial charge in [0.1, 0.15) is 5.82 Å². The van der Waals surface area contributed by atoms with Crippen molar-refractivity contribution in [3.8, 4) is 23.5 Å². The second-order valence-electron chi connectivity index (χ2n) is 8.72. The van der Waals surface area contributed by atoms with Gasteiger partial charge in [-0.3, -0.25) is 4.57 Å². The van der Waals surface area contributed by atoms with Crippen molar-refractivity contribution >= 4 is 5.97 Å². The van der Waals surface area contributed by atoms with Gasteiger partial charge in [0.15, 0.2) is 0 Å². The Hall–Kier alpha value is -3.59. The van der Waals surface area contributed by atoms with E-state index in [4.69, 9.17) is 6.42 Å². The molecule has 33 heavy (non-hydrogen) atoms. The molecule has 6 nitrogen and oxygen atoms in total. The normalized spacial score (nSPS) is 14.2. The first kappa shape index (κ1) is 22.6. The summed E-state index contributed by atoms with van der Waals surface area (Å²) in [5.74, 6) is 2.92. The molecule has 2 aromatic carbocycles. The minimum absolute atomic E-state index is 0.0899. The Kier molecular flexibility index (Phi) is 7.09. The van der Waals surface area contributed by atoms with Crippen LogP contribution in [-0.2, 0) is 19.5 Å². The van der Waals surface area contributed by atoms with Crippen molar-refractivity contribution in [3.63, 3.8) is 0 Å². The Morgan fingerprint density at radius 1 is 1.09 bits per heavy atom. The monoisotopic (exact) mass is 443 g/mol. The molecule has 1 aromatic heterocycles. The molecule has 1 N–H and O–H groups in total. The average Bonchev–Trinajstić information content (AvgIpc) is 3.13. The summed E-state index contributed by atoms with van der Waals surface area (Å²) in [6.45, 7) is 1.07. The molecule has 0 aliphatic heterocycles. The molecule has 1 heterocycles. The largest absolute Gasteiger partial charge is 0.478 e. The third kappa shape index (κ3) is 5.25. The van der Waals surface area contributed by atoms with Gasteiger partial charge in [-0.2, -0.15) is 5.10 Å². The number of aromatic nitrogens is 3. The molecule has 3 aromatic rings. The van der Waals surface area contributed by atoms with E-state index in [1.54, 1.807) is 27.4 Å². The number of hydrogen-bond donors (Lipinski definition) is 1. The van der Waals surface area contributed by atoms with E-state index in [2.05, 4.69) is 11.0 Å². The second-order valence-corrected chi connectivity index (χ2v) is 8.72. The quantitative estimate of drug-likeness (QED) is 0.516. The predicted octanol–water partition coefficient (Wildman–Crippen LogP) is 4.60. The highest BCUT2D eigenvalue weighted by atomic mass is 16.4. The molecule has 4 rings (SSSR count). The molecule has 1 aliphatic rings. The zero-order valence-electron chi connectivity index (χ0n) is 18.7. The lowest BCUT2D eigenvalue weighted by atomic mass is 9.89. The molecular weight excluding hydrogens is 414 g/mol. The van der Waals surface area contributed by atoms with E-state index in [9.17, 15) is 14.7 Å². The van der Waals surface area contributed by atoms with E-state index in [0.717, 1.165) is 24.0 Å². The van der Waals surface area contributed by atoms with Crippen LogP contribution in [0, 0.1) is 18.3 Å². The van der Waals surface area contributed by atoms with E-state index < -0.39 is 5.97 Å². The molecule has 170 valence electrons. The van der Waals surface area contributed by atoms with Crippen LogP contribution in [0.25, 0.3) is 11.1 Å². The molecule has 0 spiro atoms. The van der Waals surface area contributed by atoms with Gasteiger partial charge < -0.3 is 5.11 Å². The minimum Gasteiger partial charge on any atom is -0.478 e. The standard InChI is InChI=1S/C27H29N3O3/c1-2-3-13-25-28-30(19-20-9-5-4-6-10-20)27(33)29(25)18-21-14-16-22(17-15-21)23-11-7-8-12-24(23)26(31)32/h1,7-8,11-12,14-17,20H,3-6,9-10,13,18-19H2,(H,31,32). The van der Waals surface area contributed by atoms with E-state index in [1.165, 1.54) is 19.3 Å². The van der Waals surface area contributed by atoms with Crippen molar-refractivity contribution in [2.24, 2.45) is 5.92 Å². The van der Waals surface area contributed by atoms with Crippen molar-refractivity contribution in [2.75, 3.05) is 0 Å². The fourth-order valence-electron chi connectivity index (χ4n) is 4.64. The number of aromatic carboxylic acids is 1. The molecule has 1 aliphatic carbocycles. The molecule has 0 atom stereocenters. The van der Waals surface area contributed by atoms with Gasteiger partial charge in [0.05, 0.1) is 12.1 Å². The lowest BCUT2D eigenvalue weighted by molar-refractivity contribution is 0.0697. The maximum atomic E-state index is 13.2. The van der Waals surface area contributed by atoms with Gasteiger partial charge in [0, 0.05) is 19.4 Å². The van der Waals surface area contributed by atoms with Crippen LogP contribution in [0.3, 0.4) is 0 Å². The first-order valence-corrected chi connectivity index (χ1v) is 11.6. The number of hydrogen-bond acceptors (Lipinski definition) is 3. The van der Waals surface area contributed by atoms with E-state index in [1.807, 2.05) is 30.3 Å².